The van der Waals surface area contributed by atoms with Crippen molar-refractivity contribution in [2.75, 3.05) is 18.1 Å². The fourth-order valence-corrected chi connectivity index (χ4v) is 3.40. The van der Waals surface area contributed by atoms with E-state index in [1.54, 1.807) is 0 Å². The monoisotopic (exact) mass is 332 g/mol. The molecule has 100 valence electrons. The van der Waals surface area contributed by atoms with Gasteiger partial charge in [-0.3, -0.25) is 4.79 Å². The van der Waals surface area contributed by atoms with Gasteiger partial charge in [0, 0.05) is 16.9 Å². The fourth-order valence-electron chi connectivity index (χ4n) is 1.77. The maximum Gasteiger partial charge on any atom is 0.265 e. The summed E-state index contributed by atoms with van der Waals surface area (Å²) in [5, 5.41) is 0. The molecule has 1 aromatic heterocycles. The molecule has 1 atom stereocenters. The van der Waals surface area contributed by atoms with Gasteiger partial charge in [0.15, 0.2) is 0 Å². The Balaban J connectivity index is 2.44. The molecule has 1 unspecified atom stereocenters. The minimum atomic E-state index is -0.177. The maximum absolute atomic E-state index is 11.9. The van der Waals surface area contributed by atoms with Gasteiger partial charge in [0.1, 0.15) is 16.4 Å². The Morgan fingerprint density at radius 1 is 1.50 bits per heavy atom. The number of hydrogen-bond donors (Lipinski definition) is 1. The summed E-state index contributed by atoms with van der Waals surface area (Å²) in [6, 6.07) is 0. The average molecular weight is 333 g/mol. The molecular formula is C12H17BrN2O2S. The van der Waals surface area contributed by atoms with Crippen LogP contribution in [0.2, 0.25) is 0 Å². The van der Waals surface area contributed by atoms with E-state index >= 15 is 0 Å². The molecule has 2 rings (SSSR count). The van der Waals surface area contributed by atoms with Crippen molar-refractivity contribution in [3.63, 3.8) is 0 Å². The van der Waals surface area contributed by atoms with Crippen molar-refractivity contribution < 1.29 is 4.74 Å². The zero-order chi connectivity index (χ0) is 13.3. The predicted molar refractivity (Wildman–Crippen MR) is 77.3 cm³/mol. The third-order valence-corrected chi connectivity index (χ3v) is 4.44. The van der Waals surface area contributed by atoms with Gasteiger partial charge < -0.3 is 9.72 Å². The molecule has 18 heavy (non-hydrogen) atoms. The first kappa shape index (κ1) is 14.1. The normalized spacial score (nSPS) is 21.0. The highest BCUT2D eigenvalue weighted by molar-refractivity contribution is 9.10. The van der Waals surface area contributed by atoms with Gasteiger partial charge in [0.25, 0.3) is 5.56 Å². The molecule has 0 spiro atoms. The second kappa shape index (κ2) is 5.35. The lowest BCUT2D eigenvalue weighted by Gasteiger charge is -2.24. The van der Waals surface area contributed by atoms with Crippen LogP contribution in [-0.2, 0) is 10.2 Å². The summed E-state index contributed by atoms with van der Waals surface area (Å²) >= 11 is 5.14. The molecule has 1 fully saturated rings. The second-order valence-corrected chi connectivity index (χ2v) is 7.24. The third-order valence-electron chi connectivity index (χ3n) is 2.71. The largest absolute Gasteiger partial charge is 0.369 e. The van der Waals surface area contributed by atoms with Crippen molar-refractivity contribution in [1.29, 1.82) is 0 Å². The van der Waals surface area contributed by atoms with E-state index in [9.17, 15) is 4.79 Å². The summed E-state index contributed by atoms with van der Waals surface area (Å²) in [5.41, 5.74) is 0.466. The van der Waals surface area contributed by atoms with Crippen LogP contribution in [0.4, 0.5) is 0 Å². The van der Waals surface area contributed by atoms with Crippen molar-refractivity contribution in [2.45, 2.75) is 32.3 Å². The van der Waals surface area contributed by atoms with E-state index in [-0.39, 0.29) is 17.1 Å². The van der Waals surface area contributed by atoms with Crippen LogP contribution in [0.25, 0.3) is 0 Å². The summed E-state index contributed by atoms with van der Waals surface area (Å²) in [6.45, 7) is 6.83. The Kier molecular flexibility index (Phi) is 4.18. The van der Waals surface area contributed by atoms with E-state index in [0.717, 1.165) is 17.2 Å². The summed E-state index contributed by atoms with van der Waals surface area (Å²) in [5.74, 6) is 2.48. The Hall–Kier alpha value is -0.330. The quantitative estimate of drug-likeness (QED) is 0.858. The number of ether oxygens (including phenoxy) is 1. The minimum Gasteiger partial charge on any atom is -0.369 e. The molecule has 1 saturated heterocycles. The van der Waals surface area contributed by atoms with Crippen molar-refractivity contribution in [3.05, 3.63) is 26.3 Å². The standard InChI is InChI=1S/C12H17BrN2O2S/c1-12(2,3)9-8(13)11(16)15-10(14-9)7-6-18-5-4-17-7/h7H,4-6H2,1-3H3,(H,14,15,16). The SMILES string of the molecule is CC(C)(C)c1nc(C2CSCCO2)[nH]c(=O)c1Br. The van der Waals surface area contributed by atoms with E-state index in [0.29, 0.717) is 16.9 Å². The first-order valence-corrected chi connectivity index (χ1v) is 7.84. The van der Waals surface area contributed by atoms with Gasteiger partial charge in [-0.25, -0.2) is 4.98 Å². The lowest BCUT2D eigenvalue weighted by molar-refractivity contribution is 0.0689. The summed E-state index contributed by atoms with van der Waals surface area (Å²) in [6.07, 6.45) is -0.106. The van der Waals surface area contributed by atoms with Crippen LogP contribution in [0.3, 0.4) is 0 Å². The van der Waals surface area contributed by atoms with E-state index in [2.05, 4.69) is 25.9 Å². The van der Waals surface area contributed by atoms with Crippen LogP contribution >= 0.6 is 27.7 Å². The summed E-state index contributed by atoms with van der Waals surface area (Å²) in [4.78, 5) is 19.3. The Labute approximate surface area is 119 Å². The predicted octanol–water partition coefficient (Wildman–Crippen LogP) is 2.63. The molecule has 6 heteroatoms. The zero-order valence-corrected chi connectivity index (χ0v) is 13.2. The van der Waals surface area contributed by atoms with Crippen molar-refractivity contribution in [3.8, 4) is 0 Å². The molecule has 1 N–H and O–H groups in total. The van der Waals surface area contributed by atoms with Crippen molar-refractivity contribution in [1.82, 2.24) is 9.97 Å². The molecule has 4 nitrogen and oxygen atoms in total. The molecule has 0 aliphatic carbocycles. The van der Waals surface area contributed by atoms with Gasteiger partial charge in [0.05, 0.1) is 12.3 Å². The topological polar surface area (TPSA) is 55.0 Å². The number of aromatic amines is 1. The molecule has 0 saturated carbocycles. The zero-order valence-electron chi connectivity index (χ0n) is 10.7. The number of nitrogens with zero attached hydrogens (tertiary/aromatic N) is 1. The number of H-pyrrole nitrogens is 1. The molecule has 0 aromatic carbocycles. The van der Waals surface area contributed by atoms with E-state index in [1.807, 2.05) is 32.5 Å². The van der Waals surface area contributed by atoms with Gasteiger partial charge in [-0.15, -0.1) is 0 Å². The highest BCUT2D eigenvalue weighted by Gasteiger charge is 2.25. The highest BCUT2D eigenvalue weighted by atomic mass is 79.9. The van der Waals surface area contributed by atoms with E-state index in [1.165, 1.54) is 0 Å². The highest BCUT2D eigenvalue weighted by Crippen LogP contribution is 2.28. The van der Waals surface area contributed by atoms with Gasteiger partial charge in [0.2, 0.25) is 0 Å². The number of hydrogen-bond acceptors (Lipinski definition) is 4. The molecule has 1 aliphatic heterocycles. The number of rotatable bonds is 1. The fraction of sp³-hybridized carbons (Fsp3) is 0.667. The number of halogens is 1. The first-order valence-electron chi connectivity index (χ1n) is 5.89. The van der Waals surface area contributed by atoms with Crippen LogP contribution in [0.15, 0.2) is 9.27 Å². The van der Waals surface area contributed by atoms with E-state index in [4.69, 9.17) is 4.74 Å². The van der Waals surface area contributed by atoms with Crippen molar-refractivity contribution >= 4 is 27.7 Å². The molecule has 2 heterocycles. The van der Waals surface area contributed by atoms with Crippen LogP contribution in [-0.4, -0.2) is 28.1 Å². The van der Waals surface area contributed by atoms with Crippen molar-refractivity contribution in [2.24, 2.45) is 0 Å². The number of thioether (sulfide) groups is 1. The van der Waals surface area contributed by atoms with Crippen LogP contribution in [0.5, 0.6) is 0 Å². The molecule has 1 aromatic rings. The lowest BCUT2D eigenvalue weighted by Crippen LogP contribution is -2.27. The van der Waals surface area contributed by atoms with Gasteiger partial charge in [-0.2, -0.15) is 11.8 Å². The average Bonchev–Trinajstić information content (AvgIpc) is 2.32. The summed E-state index contributed by atoms with van der Waals surface area (Å²) < 4.78 is 6.17. The Morgan fingerprint density at radius 3 is 2.78 bits per heavy atom. The molecule has 0 radical (unpaired) electrons. The molecule has 0 amide bonds. The van der Waals surface area contributed by atoms with Gasteiger partial charge in [-0.05, 0) is 15.9 Å². The smallest absolute Gasteiger partial charge is 0.265 e. The third kappa shape index (κ3) is 2.97. The number of aromatic nitrogens is 2. The molecule has 0 bridgehead atoms. The molecule has 1 aliphatic rings. The first-order chi connectivity index (χ1) is 8.39. The van der Waals surface area contributed by atoms with Crippen LogP contribution in [0.1, 0.15) is 38.4 Å². The number of nitrogens with one attached hydrogen (secondary N) is 1. The van der Waals surface area contributed by atoms with Gasteiger partial charge in [-0.1, -0.05) is 20.8 Å². The van der Waals surface area contributed by atoms with Gasteiger partial charge >= 0.3 is 0 Å². The minimum absolute atomic E-state index is 0.106. The van der Waals surface area contributed by atoms with Crippen LogP contribution in [0, 0.1) is 0 Å². The van der Waals surface area contributed by atoms with Crippen LogP contribution < -0.4 is 5.56 Å². The second-order valence-electron chi connectivity index (χ2n) is 5.30. The Bertz CT molecular complexity index is 490. The lowest BCUT2D eigenvalue weighted by atomic mass is 9.92. The Morgan fingerprint density at radius 2 is 2.22 bits per heavy atom. The molecular weight excluding hydrogens is 316 g/mol. The van der Waals surface area contributed by atoms with E-state index < -0.39 is 0 Å². The maximum atomic E-state index is 11.9. The summed E-state index contributed by atoms with van der Waals surface area (Å²) in [7, 11) is 0.